The molecule has 1 aromatic rings. The van der Waals surface area contributed by atoms with Crippen LogP contribution in [0.2, 0.25) is 0 Å². The monoisotopic (exact) mass is 180 g/mol. The van der Waals surface area contributed by atoms with E-state index >= 15 is 0 Å². The predicted molar refractivity (Wildman–Crippen MR) is 52.5 cm³/mol. The lowest BCUT2D eigenvalue weighted by Gasteiger charge is -2.15. The Morgan fingerprint density at radius 3 is 2.46 bits per heavy atom. The number of hydrogen-bond acceptors (Lipinski definition) is 2. The van der Waals surface area contributed by atoms with Crippen LogP contribution in [0.3, 0.4) is 0 Å². The van der Waals surface area contributed by atoms with Gasteiger partial charge in [-0.25, -0.2) is 0 Å². The third-order valence-corrected chi connectivity index (χ3v) is 2.14. The number of rotatable bonds is 4. The van der Waals surface area contributed by atoms with Crippen molar-refractivity contribution in [3.05, 3.63) is 35.9 Å². The maximum absolute atomic E-state index is 9.74. The summed E-state index contributed by atoms with van der Waals surface area (Å²) < 4.78 is 5.08. The molecule has 0 fully saturated rings. The van der Waals surface area contributed by atoms with Gasteiger partial charge < -0.3 is 9.84 Å². The standard InChI is InChI=1S/C11H16O2/c1-9(13-2)8-11(12)10-6-4-3-5-7-10/h3-7,9,11-12H,8H2,1-2H3. The number of ether oxygens (including phenoxy) is 1. The van der Waals surface area contributed by atoms with Crippen LogP contribution in [0.4, 0.5) is 0 Å². The highest BCUT2D eigenvalue weighted by molar-refractivity contribution is 5.17. The first kappa shape index (κ1) is 10.2. The van der Waals surface area contributed by atoms with Gasteiger partial charge in [0.25, 0.3) is 0 Å². The van der Waals surface area contributed by atoms with E-state index in [0.29, 0.717) is 6.42 Å². The molecule has 0 aliphatic heterocycles. The lowest BCUT2D eigenvalue weighted by molar-refractivity contribution is 0.0560. The largest absolute Gasteiger partial charge is 0.388 e. The Labute approximate surface area is 79.2 Å². The van der Waals surface area contributed by atoms with Gasteiger partial charge in [0.15, 0.2) is 0 Å². The quantitative estimate of drug-likeness (QED) is 0.769. The molecule has 0 amide bonds. The summed E-state index contributed by atoms with van der Waals surface area (Å²) >= 11 is 0. The van der Waals surface area contributed by atoms with Gasteiger partial charge in [-0.3, -0.25) is 0 Å². The highest BCUT2D eigenvalue weighted by atomic mass is 16.5. The van der Waals surface area contributed by atoms with E-state index in [9.17, 15) is 5.11 Å². The number of methoxy groups -OCH3 is 1. The van der Waals surface area contributed by atoms with E-state index < -0.39 is 6.10 Å². The van der Waals surface area contributed by atoms with Crippen LogP contribution in [0.1, 0.15) is 25.0 Å². The molecule has 0 bridgehead atoms. The lowest BCUT2D eigenvalue weighted by atomic mass is 10.0. The van der Waals surface area contributed by atoms with E-state index in [-0.39, 0.29) is 6.10 Å². The SMILES string of the molecule is COC(C)CC(O)c1ccccc1. The van der Waals surface area contributed by atoms with Gasteiger partial charge in [0.05, 0.1) is 12.2 Å². The predicted octanol–water partition coefficient (Wildman–Crippen LogP) is 2.15. The van der Waals surface area contributed by atoms with Gasteiger partial charge in [0.1, 0.15) is 0 Å². The molecule has 2 heteroatoms. The molecule has 1 rings (SSSR count). The van der Waals surface area contributed by atoms with Crippen LogP contribution in [0.25, 0.3) is 0 Å². The second-order valence-electron chi connectivity index (χ2n) is 3.21. The zero-order chi connectivity index (χ0) is 9.68. The van der Waals surface area contributed by atoms with Crippen molar-refractivity contribution in [3.8, 4) is 0 Å². The summed E-state index contributed by atoms with van der Waals surface area (Å²) in [4.78, 5) is 0. The minimum atomic E-state index is -0.420. The number of aliphatic hydroxyl groups is 1. The molecular formula is C11H16O2. The van der Waals surface area contributed by atoms with Crippen LogP contribution in [-0.4, -0.2) is 18.3 Å². The Hall–Kier alpha value is -0.860. The second-order valence-corrected chi connectivity index (χ2v) is 3.21. The van der Waals surface area contributed by atoms with Crippen molar-refractivity contribution < 1.29 is 9.84 Å². The van der Waals surface area contributed by atoms with Gasteiger partial charge in [-0.2, -0.15) is 0 Å². The summed E-state index contributed by atoms with van der Waals surface area (Å²) in [5.41, 5.74) is 0.950. The third-order valence-electron chi connectivity index (χ3n) is 2.14. The highest BCUT2D eigenvalue weighted by Gasteiger charge is 2.10. The lowest BCUT2D eigenvalue weighted by Crippen LogP contribution is -2.10. The van der Waals surface area contributed by atoms with Crippen molar-refractivity contribution in [3.63, 3.8) is 0 Å². The summed E-state index contributed by atoms with van der Waals surface area (Å²) in [6.07, 6.45) is 0.312. The maximum atomic E-state index is 9.74. The van der Waals surface area contributed by atoms with E-state index in [1.807, 2.05) is 37.3 Å². The van der Waals surface area contributed by atoms with Crippen molar-refractivity contribution >= 4 is 0 Å². The first-order chi connectivity index (χ1) is 6.24. The van der Waals surface area contributed by atoms with Gasteiger partial charge in [-0.15, -0.1) is 0 Å². The maximum Gasteiger partial charge on any atom is 0.0814 e. The fourth-order valence-corrected chi connectivity index (χ4v) is 1.22. The zero-order valence-electron chi connectivity index (χ0n) is 8.10. The molecule has 2 atom stereocenters. The van der Waals surface area contributed by atoms with Gasteiger partial charge >= 0.3 is 0 Å². The van der Waals surface area contributed by atoms with Crippen molar-refractivity contribution in [2.45, 2.75) is 25.6 Å². The second kappa shape index (κ2) is 5.00. The van der Waals surface area contributed by atoms with Crippen molar-refractivity contribution in [1.82, 2.24) is 0 Å². The summed E-state index contributed by atoms with van der Waals surface area (Å²) in [5.74, 6) is 0. The summed E-state index contributed by atoms with van der Waals surface area (Å²) in [6.45, 7) is 1.95. The zero-order valence-corrected chi connectivity index (χ0v) is 8.10. The van der Waals surface area contributed by atoms with Crippen LogP contribution < -0.4 is 0 Å². The first-order valence-corrected chi connectivity index (χ1v) is 4.50. The number of hydrogen-bond donors (Lipinski definition) is 1. The normalized spacial score (nSPS) is 15.3. The fourth-order valence-electron chi connectivity index (χ4n) is 1.22. The van der Waals surface area contributed by atoms with Crippen molar-refractivity contribution in [2.24, 2.45) is 0 Å². The van der Waals surface area contributed by atoms with Crippen LogP contribution in [0.15, 0.2) is 30.3 Å². The minimum Gasteiger partial charge on any atom is -0.388 e. The Morgan fingerprint density at radius 1 is 1.31 bits per heavy atom. The molecule has 0 radical (unpaired) electrons. The number of aliphatic hydroxyl groups excluding tert-OH is 1. The molecule has 1 N–H and O–H groups in total. The summed E-state index contributed by atoms with van der Waals surface area (Å²) in [7, 11) is 1.66. The van der Waals surface area contributed by atoms with E-state index in [1.165, 1.54) is 0 Å². The molecule has 0 aromatic heterocycles. The average molecular weight is 180 g/mol. The van der Waals surface area contributed by atoms with E-state index in [0.717, 1.165) is 5.56 Å². The molecule has 2 nitrogen and oxygen atoms in total. The highest BCUT2D eigenvalue weighted by Crippen LogP contribution is 2.18. The molecule has 0 aliphatic carbocycles. The molecule has 72 valence electrons. The van der Waals surface area contributed by atoms with Gasteiger partial charge in [0.2, 0.25) is 0 Å². The summed E-state index contributed by atoms with van der Waals surface area (Å²) in [5, 5.41) is 9.74. The third kappa shape index (κ3) is 3.17. The Kier molecular flexibility index (Phi) is 3.93. The molecule has 0 heterocycles. The molecule has 13 heavy (non-hydrogen) atoms. The molecule has 2 unspecified atom stereocenters. The van der Waals surface area contributed by atoms with Crippen molar-refractivity contribution in [2.75, 3.05) is 7.11 Å². The fraction of sp³-hybridized carbons (Fsp3) is 0.455. The van der Waals surface area contributed by atoms with Crippen LogP contribution in [0.5, 0.6) is 0 Å². The molecule has 1 aromatic carbocycles. The topological polar surface area (TPSA) is 29.5 Å². The Morgan fingerprint density at radius 2 is 1.92 bits per heavy atom. The molecule has 0 spiro atoms. The van der Waals surface area contributed by atoms with Crippen LogP contribution in [0, 0.1) is 0 Å². The molecule has 0 saturated heterocycles. The first-order valence-electron chi connectivity index (χ1n) is 4.50. The van der Waals surface area contributed by atoms with Crippen molar-refractivity contribution in [1.29, 1.82) is 0 Å². The van der Waals surface area contributed by atoms with Gasteiger partial charge in [-0.05, 0) is 12.5 Å². The van der Waals surface area contributed by atoms with Gasteiger partial charge in [-0.1, -0.05) is 30.3 Å². The average Bonchev–Trinajstić information content (AvgIpc) is 2.19. The number of benzene rings is 1. The molecule has 0 saturated carbocycles. The van der Waals surface area contributed by atoms with E-state index in [1.54, 1.807) is 7.11 Å². The Balaban J connectivity index is 2.53. The van der Waals surface area contributed by atoms with E-state index in [4.69, 9.17) is 4.74 Å². The minimum absolute atomic E-state index is 0.0928. The molecular weight excluding hydrogens is 164 g/mol. The summed E-state index contributed by atoms with van der Waals surface area (Å²) in [6, 6.07) is 9.64. The van der Waals surface area contributed by atoms with Crippen LogP contribution in [-0.2, 0) is 4.74 Å². The van der Waals surface area contributed by atoms with Crippen LogP contribution >= 0.6 is 0 Å². The smallest absolute Gasteiger partial charge is 0.0814 e. The Bertz CT molecular complexity index is 233. The molecule has 0 aliphatic rings. The van der Waals surface area contributed by atoms with E-state index in [2.05, 4.69) is 0 Å². The van der Waals surface area contributed by atoms with Gasteiger partial charge in [0, 0.05) is 13.5 Å².